The van der Waals surface area contributed by atoms with Gasteiger partial charge in [0.25, 0.3) is 0 Å². The van der Waals surface area contributed by atoms with E-state index in [4.69, 9.17) is 0 Å². The van der Waals surface area contributed by atoms with Gasteiger partial charge >= 0.3 is 0 Å². The fraction of sp³-hybridized carbons (Fsp3) is 0.514. The van der Waals surface area contributed by atoms with Crippen molar-refractivity contribution in [3.63, 3.8) is 0 Å². The summed E-state index contributed by atoms with van der Waals surface area (Å²) in [5, 5.41) is 34.5. The van der Waals surface area contributed by atoms with Gasteiger partial charge in [0, 0.05) is 17.0 Å². The third kappa shape index (κ3) is 6.04. The van der Waals surface area contributed by atoms with Gasteiger partial charge in [0.05, 0.1) is 0 Å². The smallest absolute Gasteiger partial charge is 0.122 e. The maximum atomic E-state index is 11.6. The molecule has 0 fully saturated rings. The second kappa shape index (κ2) is 10.8. The van der Waals surface area contributed by atoms with Crippen LogP contribution < -0.4 is 0 Å². The fourth-order valence-corrected chi connectivity index (χ4v) is 6.46. The standard InChI is InChI=1S/C37H52O3/c1-21(25-14-17-29(35(5,6)7)22(2)32(25)38)20-28(26-15-18-30(36(8,9)10)23(3)33(26)39)27-16-19-31(37(11,12)13)24(4)34(27)40/h14-19,21,28,38-40H,20H2,1-13H3. The maximum Gasteiger partial charge on any atom is 0.122 e. The molecule has 0 radical (unpaired) electrons. The third-order valence-corrected chi connectivity index (χ3v) is 8.68. The third-order valence-electron chi connectivity index (χ3n) is 8.68. The van der Waals surface area contributed by atoms with Crippen LogP contribution in [-0.4, -0.2) is 15.3 Å². The highest BCUT2D eigenvalue weighted by atomic mass is 16.3. The summed E-state index contributed by atoms with van der Waals surface area (Å²) in [5.41, 5.74) is 8.23. The molecule has 3 N–H and O–H groups in total. The van der Waals surface area contributed by atoms with E-state index in [0.717, 1.165) is 50.1 Å². The Balaban J connectivity index is 2.22. The minimum atomic E-state index is -0.266. The number of phenolic OH excluding ortho intramolecular Hbond substituents is 3. The highest BCUT2D eigenvalue weighted by Crippen LogP contribution is 2.48. The lowest BCUT2D eigenvalue weighted by atomic mass is 9.75. The predicted molar refractivity (Wildman–Crippen MR) is 170 cm³/mol. The summed E-state index contributed by atoms with van der Waals surface area (Å²) in [6.45, 7) is 27.5. The van der Waals surface area contributed by atoms with Gasteiger partial charge in [-0.05, 0) is 88.3 Å². The van der Waals surface area contributed by atoms with Gasteiger partial charge in [-0.1, -0.05) is 106 Å². The first-order valence-electron chi connectivity index (χ1n) is 14.7. The number of phenols is 3. The average Bonchev–Trinajstić information content (AvgIpc) is 2.80. The van der Waals surface area contributed by atoms with Crippen molar-refractivity contribution >= 4 is 0 Å². The number of hydrogen-bond acceptors (Lipinski definition) is 3. The van der Waals surface area contributed by atoms with E-state index in [-0.39, 0.29) is 39.6 Å². The summed E-state index contributed by atoms with van der Waals surface area (Å²) in [4.78, 5) is 0. The zero-order valence-corrected chi connectivity index (χ0v) is 27.2. The van der Waals surface area contributed by atoms with Crippen LogP contribution in [0.4, 0.5) is 0 Å². The first-order chi connectivity index (χ1) is 18.2. The molecule has 1 atom stereocenters. The molecule has 3 aromatic rings. The van der Waals surface area contributed by atoms with Gasteiger partial charge in [0.1, 0.15) is 17.2 Å². The summed E-state index contributed by atoms with van der Waals surface area (Å²) < 4.78 is 0. The monoisotopic (exact) mass is 544 g/mol. The van der Waals surface area contributed by atoms with Crippen molar-refractivity contribution in [2.24, 2.45) is 0 Å². The zero-order valence-electron chi connectivity index (χ0n) is 27.2. The summed E-state index contributed by atoms with van der Waals surface area (Å²) >= 11 is 0. The SMILES string of the molecule is Cc1c(C(C)(C)C)ccc(C(C)CC(c2ccc(C(C)(C)C)c(C)c2O)c2ccc(C(C)(C)C)c(C)c2O)c1O. The van der Waals surface area contributed by atoms with Crippen LogP contribution in [0.2, 0.25) is 0 Å². The van der Waals surface area contributed by atoms with Crippen LogP contribution in [0.3, 0.4) is 0 Å². The van der Waals surface area contributed by atoms with Gasteiger partial charge in [-0.25, -0.2) is 0 Å². The van der Waals surface area contributed by atoms with Crippen LogP contribution in [0.15, 0.2) is 36.4 Å². The Morgan fingerprint density at radius 2 is 0.775 bits per heavy atom. The molecule has 0 saturated heterocycles. The van der Waals surface area contributed by atoms with Crippen molar-refractivity contribution < 1.29 is 15.3 Å². The molecule has 0 aromatic heterocycles. The molecular formula is C37H52O3. The van der Waals surface area contributed by atoms with Crippen molar-refractivity contribution in [3.05, 3.63) is 86.5 Å². The summed E-state index contributed by atoms with van der Waals surface area (Å²) in [6, 6.07) is 12.5. The molecule has 0 bridgehead atoms. The number of rotatable bonds is 5. The van der Waals surface area contributed by atoms with Gasteiger partial charge in [-0.2, -0.15) is 0 Å². The van der Waals surface area contributed by atoms with E-state index in [9.17, 15) is 15.3 Å². The van der Waals surface area contributed by atoms with Gasteiger partial charge < -0.3 is 15.3 Å². The van der Waals surface area contributed by atoms with Gasteiger partial charge in [0.2, 0.25) is 0 Å². The van der Waals surface area contributed by atoms with E-state index in [1.807, 2.05) is 39.0 Å². The molecule has 3 aromatic carbocycles. The highest BCUT2D eigenvalue weighted by molar-refractivity contribution is 5.56. The second-order valence-electron chi connectivity index (χ2n) is 15.0. The van der Waals surface area contributed by atoms with Crippen LogP contribution in [0.5, 0.6) is 17.2 Å². The molecule has 1 unspecified atom stereocenters. The zero-order chi connectivity index (χ0) is 30.5. The van der Waals surface area contributed by atoms with Crippen LogP contribution in [0, 0.1) is 20.8 Å². The van der Waals surface area contributed by atoms with Crippen LogP contribution in [0.25, 0.3) is 0 Å². The lowest BCUT2D eigenvalue weighted by molar-refractivity contribution is 0.432. The van der Waals surface area contributed by atoms with E-state index < -0.39 is 0 Å². The molecule has 0 aliphatic carbocycles. The van der Waals surface area contributed by atoms with Crippen LogP contribution in [-0.2, 0) is 16.2 Å². The van der Waals surface area contributed by atoms with Crippen LogP contribution in [0.1, 0.15) is 138 Å². The molecule has 3 rings (SSSR count). The Bertz CT molecular complexity index is 1320. The Kier molecular flexibility index (Phi) is 8.53. The van der Waals surface area contributed by atoms with Gasteiger partial charge in [0.15, 0.2) is 0 Å². The molecule has 3 nitrogen and oxygen atoms in total. The quantitative estimate of drug-likeness (QED) is 0.299. The molecule has 0 amide bonds. The molecule has 0 aliphatic heterocycles. The summed E-state index contributed by atoms with van der Waals surface area (Å²) in [6.07, 6.45) is 0.617. The Labute approximate surface area is 243 Å². The molecule has 40 heavy (non-hydrogen) atoms. The predicted octanol–water partition coefficient (Wildman–Crippen LogP) is 9.95. The van der Waals surface area contributed by atoms with E-state index in [1.165, 1.54) is 0 Å². The van der Waals surface area contributed by atoms with Crippen molar-refractivity contribution in [1.29, 1.82) is 0 Å². The lowest BCUT2D eigenvalue weighted by Crippen LogP contribution is -2.16. The normalized spacial score (nSPS) is 13.7. The second-order valence-corrected chi connectivity index (χ2v) is 15.0. The Morgan fingerprint density at radius 3 is 1.07 bits per heavy atom. The Hall–Kier alpha value is -2.94. The minimum Gasteiger partial charge on any atom is -0.507 e. The van der Waals surface area contributed by atoms with Crippen molar-refractivity contribution in [3.8, 4) is 17.2 Å². The topological polar surface area (TPSA) is 60.7 Å². The largest absolute Gasteiger partial charge is 0.507 e. The lowest BCUT2D eigenvalue weighted by Gasteiger charge is -2.30. The van der Waals surface area contributed by atoms with Crippen LogP contribution >= 0.6 is 0 Å². The molecule has 0 heterocycles. The van der Waals surface area contributed by atoms with E-state index >= 15 is 0 Å². The maximum absolute atomic E-state index is 11.6. The summed E-state index contributed by atoms with van der Waals surface area (Å²) in [5.74, 6) is 0.611. The molecular weight excluding hydrogens is 492 g/mol. The molecule has 0 aliphatic rings. The highest BCUT2D eigenvalue weighted by Gasteiger charge is 2.30. The van der Waals surface area contributed by atoms with E-state index in [0.29, 0.717) is 12.2 Å². The van der Waals surface area contributed by atoms with Crippen molar-refractivity contribution in [2.45, 2.75) is 125 Å². The first kappa shape index (κ1) is 31.6. The molecule has 0 spiro atoms. The minimum absolute atomic E-state index is 0.0262. The Morgan fingerprint density at radius 1 is 0.500 bits per heavy atom. The summed E-state index contributed by atoms with van der Waals surface area (Å²) in [7, 11) is 0. The van der Waals surface area contributed by atoms with E-state index in [2.05, 4.69) is 87.4 Å². The van der Waals surface area contributed by atoms with Crippen molar-refractivity contribution in [1.82, 2.24) is 0 Å². The molecule has 3 heteroatoms. The fourth-order valence-electron chi connectivity index (χ4n) is 6.46. The van der Waals surface area contributed by atoms with Crippen molar-refractivity contribution in [2.75, 3.05) is 0 Å². The number of benzene rings is 3. The number of aromatic hydroxyl groups is 3. The molecule has 0 saturated carbocycles. The number of hydrogen-bond donors (Lipinski definition) is 3. The van der Waals surface area contributed by atoms with E-state index in [1.54, 1.807) is 0 Å². The molecule has 218 valence electrons. The first-order valence-corrected chi connectivity index (χ1v) is 14.7. The van der Waals surface area contributed by atoms with Gasteiger partial charge in [-0.3, -0.25) is 0 Å². The average molecular weight is 545 g/mol. The van der Waals surface area contributed by atoms with Gasteiger partial charge in [-0.15, -0.1) is 0 Å².